The summed E-state index contributed by atoms with van der Waals surface area (Å²) in [5.74, 6) is 0.488. The van der Waals surface area contributed by atoms with E-state index in [0.717, 1.165) is 56.7 Å². The van der Waals surface area contributed by atoms with Crippen molar-refractivity contribution in [1.29, 1.82) is 0 Å². The second-order valence-electron chi connectivity index (χ2n) is 5.74. The van der Waals surface area contributed by atoms with Gasteiger partial charge in [-0.3, -0.25) is 0 Å². The van der Waals surface area contributed by atoms with Crippen molar-refractivity contribution in [3.05, 3.63) is 29.3 Å². The third kappa shape index (κ3) is 3.45. The highest BCUT2D eigenvalue weighted by Crippen LogP contribution is 2.23. The van der Waals surface area contributed by atoms with Crippen molar-refractivity contribution in [3.63, 3.8) is 0 Å². The molecular formula is C15H22N2O3S. The first kappa shape index (κ1) is 15.0. The predicted octanol–water partition coefficient (Wildman–Crippen LogP) is 1.04. The minimum Gasteiger partial charge on any atom is -0.381 e. The van der Waals surface area contributed by atoms with Crippen molar-refractivity contribution >= 4 is 10.0 Å². The zero-order valence-electron chi connectivity index (χ0n) is 12.1. The Kier molecular flexibility index (Phi) is 4.59. The molecule has 21 heavy (non-hydrogen) atoms. The number of hydrogen-bond donors (Lipinski definition) is 2. The number of ether oxygens (including phenoxy) is 1. The Bertz CT molecular complexity index is 595. The number of rotatable bonds is 5. The van der Waals surface area contributed by atoms with Crippen LogP contribution in [0.1, 0.15) is 24.0 Å². The summed E-state index contributed by atoms with van der Waals surface area (Å²) in [6, 6.07) is 5.53. The molecule has 0 radical (unpaired) electrons. The Morgan fingerprint density at radius 1 is 1.38 bits per heavy atom. The van der Waals surface area contributed by atoms with Gasteiger partial charge in [0, 0.05) is 26.3 Å². The molecule has 5 nitrogen and oxygen atoms in total. The van der Waals surface area contributed by atoms with E-state index in [1.54, 1.807) is 6.07 Å². The molecule has 0 spiro atoms. The number of benzene rings is 1. The van der Waals surface area contributed by atoms with Crippen LogP contribution in [-0.2, 0) is 27.7 Å². The minimum absolute atomic E-state index is 0.448. The van der Waals surface area contributed by atoms with Crippen molar-refractivity contribution in [1.82, 2.24) is 10.0 Å². The maximum Gasteiger partial charge on any atom is 0.240 e. The van der Waals surface area contributed by atoms with Crippen molar-refractivity contribution in [2.45, 2.75) is 30.7 Å². The van der Waals surface area contributed by atoms with E-state index in [9.17, 15) is 8.42 Å². The highest BCUT2D eigenvalue weighted by Gasteiger charge is 2.23. The Morgan fingerprint density at radius 2 is 2.29 bits per heavy atom. The molecule has 1 saturated heterocycles. The first-order chi connectivity index (χ1) is 10.2. The van der Waals surface area contributed by atoms with E-state index in [0.29, 0.717) is 17.4 Å². The van der Waals surface area contributed by atoms with Crippen LogP contribution >= 0.6 is 0 Å². The average Bonchev–Trinajstić information content (AvgIpc) is 3.00. The normalized spacial score (nSPS) is 22.2. The van der Waals surface area contributed by atoms with Crippen LogP contribution in [0.3, 0.4) is 0 Å². The Morgan fingerprint density at radius 3 is 3.10 bits per heavy atom. The zero-order chi connectivity index (χ0) is 14.7. The quantitative estimate of drug-likeness (QED) is 0.853. The lowest BCUT2D eigenvalue weighted by Gasteiger charge is -2.20. The lowest BCUT2D eigenvalue weighted by Crippen LogP contribution is -2.30. The van der Waals surface area contributed by atoms with Gasteiger partial charge in [-0.15, -0.1) is 0 Å². The molecule has 1 atom stereocenters. The Labute approximate surface area is 126 Å². The molecule has 2 aliphatic rings. The van der Waals surface area contributed by atoms with Gasteiger partial charge in [0.1, 0.15) is 0 Å². The van der Waals surface area contributed by atoms with E-state index in [1.165, 1.54) is 0 Å². The topological polar surface area (TPSA) is 67.4 Å². The summed E-state index contributed by atoms with van der Waals surface area (Å²) in [6.45, 7) is 3.63. The number of fused-ring (bicyclic) bond motifs is 1. The van der Waals surface area contributed by atoms with Crippen LogP contribution in [-0.4, -0.2) is 34.7 Å². The molecule has 3 rings (SSSR count). The van der Waals surface area contributed by atoms with Crippen LogP contribution in [0.25, 0.3) is 0 Å². The van der Waals surface area contributed by atoms with Gasteiger partial charge < -0.3 is 10.1 Å². The summed E-state index contributed by atoms with van der Waals surface area (Å²) in [4.78, 5) is 0.448. The van der Waals surface area contributed by atoms with Gasteiger partial charge in [-0.05, 0) is 48.9 Å². The monoisotopic (exact) mass is 310 g/mol. The zero-order valence-corrected chi connectivity index (χ0v) is 12.9. The molecule has 2 N–H and O–H groups in total. The fourth-order valence-corrected chi connectivity index (χ4v) is 4.39. The largest absolute Gasteiger partial charge is 0.381 e. The molecule has 0 bridgehead atoms. The van der Waals surface area contributed by atoms with Gasteiger partial charge in [-0.2, -0.15) is 0 Å². The smallest absolute Gasteiger partial charge is 0.240 e. The molecule has 0 aromatic heterocycles. The summed E-state index contributed by atoms with van der Waals surface area (Å²) < 4.78 is 33.1. The molecule has 0 aliphatic carbocycles. The van der Waals surface area contributed by atoms with Crippen LogP contribution < -0.4 is 10.0 Å². The van der Waals surface area contributed by atoms with Gasteiger partial charge in [0.25, 0.3) is 0 Å². The molecule has 2 aliphatic heterocycles. The molecule has 6 heteroatoms. The van der Waals surface area contributed by atoms with Gasteiger partial charge in [0.2, 0.25) is 10.0 Å². The summed E-state index contributed by atoms with van der Waals surface area (Å²) >= 11 is 0. The summed E-state index contributed by atoms with van der Waals surface area (Å²) in [6.07, 6.45) is 2.65. The fraction of sp³-hybridized carbons (Fsp3) is 0.600. The molecule has 0 amide bonds. The summed E-state index contributed by atoms with van der Waals surface area (Å²) in [5.41, 5.74) is 2.06. The lowest BCUT2D eigenvalue weighted by molar-refractivity contribution is 0.184. The first-order valence-electron chi connectivity index (χ1n) is 7.56. The molecule has 0 saturated carbocycles. The SMILES string of the molecule is O=S(=O)(NCCC1CCOC1)c1cccc2c1CCNC2. The van der Waals surface area contributed by atoms with Gasteiger partial charge in [0.15, 0.2) is 0 Å². The van der Waals surface area contributed by atoms with E-state index in [1.807, 2.05) is 12.1 Å². The molecule has 1 fully saturated rings. The predicted molar refractivity (Wildman–Crippen MR) is 80.6 cm³/mol. The van der Waals surface area contributed by atoms with Gasteiger partial charge in [0.05, 0.1) is 4.90 Å². The van der Waals surface area contributed by atoms with E-state index < -0.39 is 10.0 Å². The molecular weight excluding hydrogens is 288 g/mol. The Hall–Kier alpha value is -0.950. The van der Waals surface area contributed by atoms with Crippen molar-refractivity contribution in [2.24, 2.45) is 5.92 Å². The number of sulfonamides is 1. The van der Waals surface area contributed by atoms with Crippen molar-refractivity contribution < 1.29 is 13.2 Å². The number of hydrogen-bond acceptors (Lipinski definition) is 4. The maximum atomic E-state index is 12.5. The molecule has 2 heterocycles. The minimum atomic E-state index is -3.41. The maximum absolute atomic E-state index is 12.5. The van der Waals surface area contributed by atoms with Gasteiger partial charge >= 0.3 is 0 Å². The second kappa shape index (κ2) is 6.44. The van der Waals surface area contributed by atoms with E-state index in [4.69, 9.17) is 4.74 Å². The van der Waals surface area contributed by atoms with Crippen LogP contribution in [0, 0.1) is 5.92 Å². The highest BCUT2D eigenvalue weighted by atomic mass is 32.2. The average molecular weight is 310 g/mol. The van der Waals surface area contributed by atoms with Crippen LogP contribution in [0.15, 0.2) is 23.1 Å². The van der Waals surface area contributed by atoms with E-state index in [2.05, 4.69) is 10.0 Å². The van der Waals surface area contributed by atoms with Gasteiger partial charge in [-0.25, -0.2) is 13.1 Å². The Balaban J connectivity index is 1.69. The third-order valence-electron chi connectivity index (χ3n) is 4.26. The van der Waals surface area contributed by atoms with Crippen LogP contribution in [0.4, 0.5) is 0 Å². The van der Waals surface area contributed by atoms with Crippen molar-refractivity contribution in [2.75, 3.05) is 26.3 Å². The lowest BCUT2D eigenvalue weighted by atomic mass is 10.0. The van der Waals surface area contributed by atoms with Gasteiger partial charge in [-0.1, -0.05) is 12.1 Å². The summed E-state index contributed by atoms with van der Waals surface area (Å²) in [7, 11) is -3.41. The van der Waals surface area contributed by atoms with Crippen LogP contribution in [0.5, 0.6) is 0 Å². The molecule has 1 unspecified atom stereocenters. The summed E-state index contributed by atoms with van der Waals surface area (Å²) in [5, 5.41) is 3.27. The van der Waals surface area contributed by atoms with E-state index in [-0.39, 0.29) is 0 Å². The molecule has 1 aromatic carbocycles. The van der Waals surface area contributed by atoms with E-state index >= 15 is 0 Å². The van der Waals surface area contributed by atoms with Crippen LogP contribution in [0.2, 0.25) is 0 Å². The fourth-order valence-electron chi connectivity index (χ4n) is 3.03. The second-order valence-corrected chi connectivity index (χ2v) is 7.47. The standard InChI is InChI=1S/C15H22N2O3S/c18-21(19,17-8-4-12-6-9-20-11-12)15-3-1-2-13-10-16-7-5-14(13)15/h1-3,12,16-17H,4-11H2. The number of nitrogens with one attached hydrogen (secondary N) is 2. The molecule has 116 valence electrons. The molecule has 1 aromatic rings. The highest BCUT2D eigenvalue weighted by molar-refractivity contribution is 7.89. The van der Waals surface area contributed by atoms with Crippen molar-refractivity contribution in [3.8, 4) is 0 Å². The first-order valence-corrected chi connectivity index (χ1v) is 9.04. The third-order valence-corrected chi connectivity index (χ3v) is 5.80.